The summed E-state index contributed by atoms with van der Waals surface area (Å²) in [5.41, 5.74) is 0. The molecule has 0 bridgehead atoms. The van der Waals surface area contributed by atoms with Gasteiger partial charge in [-0.15, -0.1) is 22.4 Å². The van der Waals surface area contributed by atoms with Gasteiger partial charge in [-0.05, 0) is 12.2 Å². The Balaban J connectivity index is 3.09. The molecule has 2 nitrogen and oxygen atoms in total. The number of rotatable bonds is 6. The Hall–Kier alpha value is 0.615. The highest BCUT2D eigenvalue weighted by Crippen LogP contribution is 2.02. The normalized spacial score (nSPS) is 9.27. The lowest BCUT2D eigenvalue weighted by Gasteiger charge is -2.01. The molecule has 1 amide bonds. The molecule has 64 valence electrons. The monoisotopic (exact) mass is 285 g/mol. The number of hydrogen-bond donors (Lipinski definition) is 1. The van der Waals surface area contributed by atoms with Gasteiger partial charge in [-0.25, -0.2) is 0 Å². The van der Waals surface area contributed by atoms with Crippen molar-refractivity contribution >= 4 is 44.3 Å². The van der Waals surface area contributed by atoms with Gasteiger partial charge in [-0.2, -0.15) is 11.6 Å². The molecule has 0 aliphatic carbocycles. The molecule has 0 aliphatic rings. The van der Waals surface area contributed by atoms with Crippen molar-refractivity contribution in [3.63, 3.8) is 0 Å². The number of carbonyl (C=O) groups excluding carboxylic acids is 1. The van der Waals surface area contributed by atoms with Crippen molar-refractivity contribution in [1.29, 1.82) is 0 Å². The molecule has 0 atom stereocenters. The first-order valence-corrected chi connectivity index (χ1v) is 6.39. The molecule has 0 unspecified atom stereocenters. The number of halogens is 1. The van der Waals surface area contributed by atoms with Gasteiger partial charge < -0.3 is 5.32 Å². The van der Waals surface area contributed by atoms with Gasteiger partial charge in [0.2, 0.25) is 5.91 Å². The molecule has 0 aliphatic heterocycles. The Kier molecular flexibility index (Phi) is 9.20. The fraction of sp³-hybridized carbons (Fsp3) is 0.833. The second-order valence-corrected chi connectivity index (χ2v) is 5.02. The fourth-order valence-electron chi connectivity index (χ4n) is 0.572. The minimum atomic E-state index is 0.184. The van der Waals surface area contributed by atoms with Crippen molar-refractivity contribution in [2.24, 2.45) is 0 Å². The van der Waals surface area contributed by atoms with Gasteiger partial charge in [0.1, 0.15) is 0 Å². The second kappa shape index (κ2) is 8.71. The van der Waals surface area contributed by atoms with Gasteiger partial charge in [0.05, 0.1) is 0 Å². The maximum Gasteiger partial charge on any atom is 0.264 e. The summed E-state index contributed by atoms with van der Waals surface area (Å²) in [5.74, 6) is 1.13. The van der Waals surface area contributed by atoms with Gasteiger partial charge in [0.25, 0.3) is 4.41 Å². The number of carbonyl (C=O) groups is 1. The average molecular weight is 285 g/mol. The topological polar surface area (TPSA) is 29.1 Å². The third-order valence-corrected chi connectivity index (χ3v) is 3.09. The molecule has 0 fully saturated rings. The summed E-state index contributed by atoms with van der Waals surface area (Å²) >= 11 is 4.09. The lowest BCUT2D eigenvalue weighted by atomic mass is 10.4. The molecule has 0 spiro atoms. The fourth-order valence-corrected chi connectivity index (χ4v) is 1.95. The number of hydrogen-bond acceptors (Lipinski definition) is 2. The van der Waals surface area contributed by atoms with Crippen molar-refractivity contribution < 1.29 is 4.79 Å². The molecule has 1 N–H and O–H groups in total. The van der Waals surface area contributed by atoms with Crippen LogP contribution < -0.4 is 5.32 Å². The highest BCUT2D eigenvalue weighted by atomic mass is 127. The van der Waals surface area contributed by atoms with Crippen LogP contribution in [0.2, 0.25) is 0 Å². The first-order valence-electron chi connectivity index (χ1n) is 3.71. The predicted octanol–water partition coefficient (Wildman–Crippen LogP) is 1.34. The second-order valence-electron chi connectivity index (χ2n) is 2.12. The molecule has 11 heavy (non-hydrogen) atoms. The van der Waals surface area contributed by atoms with E-state index in [4.69, 9.17) is 0 Å². The van der Waals surface area contributed by atoms with Gasteiger partial charge in [-0.3, -0.25) is 4.79 Å². The molecule has 0 saturated heterocycles. The van der Waals surface area contributed by atoms with Gasteiger partial charge in [-0.1, -0.05) is 6.92 Å². The van der Waals surface area contributed by atoms with Crippen LogP contribution in [-0.2, 0) is 4.79 Å². The zero-order chi connectivity index (χ0) is 8.53. The van der Waals surface area contributed by atoms with E-state index in [0.717, 1.165) is 23.1 Å². The third kappa shape index (κ3) is 8.52. The van der Waals surface area contributed by atoms with Crippen molar-refractivity contribution in [1.82, 2.24) is 5.32 Å². The van der Waals surface area contributed by atoms with Crippen LogP contribution in [0.1, 0.15) is 19.8 Å². The van der Waals surface area contributed by atoms with Crippen LogP contribution in [0.15, 0.2) is 0 Å². The van der Waals surface area contributed by atoms with Gasteiger partial charge in [0, 0.05) is 13.0 Å². The lowest BCUT2D eigenvalue weighted by molar-refractivity contribution is -0.120. The lowest BCUT2D eigenvalue weighted by Crippen LogP contribution is -2.24. The Labute approximate surface area is 86.3 Å². The van der Waals surface area contributed by atoms with Crippen LogP contribution in [0, 0.1) is 0 Å². The number of amides is 1. The zero-order valence-corrected chi connectivity index (χ0v) is 9.70. The molecule has 0 rings (SSSR count). The van der Waals surface area contributed by atoms with E-state index in [2.05, 4.69) is 34.6 Å². The largest absolute Gasteiger partial charge is 0.356 e. The maximum absolute atomic E-state index is 10.9. The van der Waals surface area contributed by atoms with Crippen LogP contribution in [0.5, 0.6) is 0 Å². The van der Waals surface area contributed by atoms with E-state index in [1.54, 1.807) is 11.6 Å². The van der Waals surface area contributed by atoms with E-state index >= 15 is 0 Å². The zero-order valence-electron chi connectivity index (χ0n) is 6.73. The third-order valence-electron chi connectivity index (χ3n) is 1.12. The van der Waals surface area contributed by atoms with E-state index in [-0.39, 0.29) is 5.91 Å². The van der Waals surface area contributed by atoms with Crippen LogP contribution in [0.3, 0.4) is 0 Å². The summed E-state index contributed by atoms with van der Waals surface area (Å²) in [4.78, 5) is 10.9. The van der Waals surface area contributed by atoms with Gasteiger partial charge >= 0.3 is 0 Å². The summed E-state index contributed by atoms with van der Waals surface area (Å²) < 4.78 is 1.07. The van der Waals surface area contributed by atoms with Crippen molar-refractivity contribution in [2.45, 2.75) is 19.8 Å². The Morgan fingerprint density at radius 1 is 1.73 bits per heavy atom. The molecule has 0 aromatic heterocycles. The first-order chi connectivity index (χ1) is 5.31. The highest BCUT2D eigenvalue weighted by Gasteiger charge is 1.98. The standard InChI is InChI=1S/C6H13BINOS/c1-2-4-9-6(10)3-5-11-7-8/h7H,2-5H2,1H3,(H,9,10). The van der Waals surface area contributed by atoms with Crippen LogP contribution in [0.25, 0.3) is 0 Å². The maximum atomic E-state index is 10.9. The number of nitrogens with one attached hydrogen (secondary N) is 1. The molecular formula is C6H13BINOS. The summed E-state index contributed by atoms with van der Waals surface area (Å²) in [7, 11) is 0. The molecule has 0 radical (unpaired) electrons. The minimum absolute atomic E-state index is 0.184. The quantitative estimate of drug-likeness (QED) is 0.453. The van der Waals surface area contributed by atoms with Crippen molar-refractivity contribution in [2.75, 3.05) is 12.3 Å². The molecule has 0 aromatic carbocycles. The highest BCUT2D eigenvalue weighted by molar-refractivity contribution is 14.1. The van der Waals surface area contributed by atoms with Crippen LogP contribution >= 0.6 is 34.0 Å². The van der Waals surface area contributed by atoms with E-state index in [9.17, 15) is 4.79 Å². The molecule has 5 heteroatoms. The smallest absolute Gasteiger partial charge is 0.264 e. The molecule has 0 aromatic rings. The summed E-state index contributed by atoms with van der Waals surface area (Å²) in [6.07, 6.45) is 1.68. The van der Waals surface area contributed by atoms with E-state index in [1.165, 1.54) is 0 Å². The summed E-state index contributed by atoms with van der Waals surface area (Å²) in [5, 5.41) is 2.84. The Morgan fingerprint density at radius 3 is 3.00 bits per heavy atom. The van der Waals surface area contributed by atoms with Crippen molar-refractivity contribution in [3.05, 3.63) is 0 Å². The van der Waals surface area contributed by atoms with E-state index < -0.39 is 0 Å². The molecule has 0 heterocycles. The first kappa shape index (κ1) is 11.6. The van der Waals surface area contributed by atoms with Gasteiger partial charge in [0.15, 0.2) is 0 Å². The van der Waals surface area contributed by atoms with Crippen LogP contribution in [-0.4, -0.2) is 22.6 Å². The van der Waals surface area contributed by atoms with Crippen molar-refractivity contribution in [3.8, 4) is 0 Å². The van der Waals surface area contributed by atoms with E-state index in [1.807, 2.05) is 0 Å². The summed E-state index contributed by atoms with van der Waals surface area (Å²) in [6.45, 7) is 2.87. The van der Waals surface area contributed by atoms with Crippen LogP contribution in [0.4, 0.5) is 0 Å². The van der Waals surface area contributed by atoms with E-state index in [0.29, 0.717) is 6.42 Å². The predicted molar refractivity (Wildman–Crippen MR) is 61.5 cm³/mol. The Bertz CT molecular complexity index is 115. The average Bonchev–Trinajstić information content (AvgIpc) is 2.01. The summed E-state index contributed by atoms with van der Waals surface area (Å²) in [6, 6.07) is 0. The molecule has 0 saturated carbocycles. The molecular weight excluding hydrogens is 272 g/mol. The Morgan fingerprint density at radius 2 is 2.45 bits per heavy atom. The minimum Gasteiger partial charge on any atom is -0.356 e. The SMILES string of the molecule is CCCNC(=O)CCSBI.